The standard InChI is InChI=1S/C18H33N5O/c1-15-6-7-16(14-23(15)9-5-11-24-4)18-17(12-20-21-18)13-22(3)10-8-19-2/h12,16,19H,1,5-11,13-14H2,2-4H3,(H,20,21). The molecule has 0 aromatic carbocycles. The zero-order valence-corrected chi connectivity index (χ0v) is 15.5. The zero-order chi connectivity index (χ0) is 17.4. The SMILES string of the molecule is C=C1CCC(c2n[nH]cc2CN(C)CCNC)CN1CCCOC. The van der Waals surface area contributed by atoms with Gasteiger partial charge in [0.15, 0.2) is 0 Å². The highest BCUT2D eigenvalue weighted by Crippen LogP contribution is 2.32. The Bertz CT molecular complexity index is 501. The maximum Gasteiger partial charge on any atom is 0.0715 e. The summed E-state index contributed by atoms with van der Waals surface area (Å²) in [6.45, 7) is 10.0. The van der Waals surface area contributed by atoms with E-state index in [-0.39, 0.29) is 0 Å². The Hall–Kier alpha value is -1.37. The molecule has 1 atom stereocenters. The van der Waals surface area contributed by atoms with Crippen LogP contribution in [0.15, 0.2) is 18.5 Å². The van der Waals surface area contributed by atoms with Crippen molar-refractivity contribution in [3.8, 4) is 0 Å². The maximum atomic E-state index is 5.18. The second kappa shape index (κ2) is 9.81. The van der Waals surface area contributed by atoms with E-state index in [2.05, 4.69) is 45.1 Å². The van der Waals surface area contributed by atoms with Gasteiger partial charge in [-0.1, -0.05) is 6.58 Å². The zero-order valence-electron chi connectivity index (χ0n) is 15.5. The van der Waals surface area contributed by atoms with Crippen molar-refractivity contribution in [2.75, 3.05) is 54.0 Å². The van der Waals surface area contributed by atoms with Crippen molar-refractivity contribution < 1.29 is 4.74 Å². The Kier molecular flexibility index (Phi) is 7.75. The third-order valence-corrected chi connectivity index (χ3v) is 4.77. The predicted octanol–water partition coefficient (Wildman–Crippen LogP) is 1.79. The molecule has 2 rings (SSSR count). The van der Waals surface area contributed by atoms with Gasteiger partial charge in [-0.3, -0.25) is 5.10 Å². The summed E-state index contributed by atoms with van der Waals surface area (Å²) in [7, 11) is 5.91. The molecule has 0 bridgehead atoms. The van der Waals surface area contributed by atoms with Crippen LogP contribution in [-0.2, 0) is 11.3 Å². The minimum atomic E-state index is 0.483. The molecule has 0 aliphatic carbocycles. The molecule has 6 heteroatoms. The largest absolute Gasteiger partial charge is 0.385 e. The molecule has 0 spiro atoms. The predicted molar refractivity (Wildman–Crippen MR) is 98.0 cm³/mol. The fourth-order valence-corrected chi connectivity index (χ4v) is 3.34. The number of ether oxygens (including phenoxy) is 1. The summed E-state index contributed by atoms with van der Waals surface area (Å²) in [6, 6.07) is 0. The maximum absolute atomic E-state index is 5.18. The van der Waals surface area contributed by atoms with Crippen molar-refractivity contribution in [1.82, 2.24) is 25.3 Å². The first-order valence-corrected chi connectivity index (χ1v) is 8.93. The van der Waals surface area contributed by atoms with Gasteiger partial charge in [0.25, 0.3) is 0 Å². The number of aromatic amines is 1. The Morgan fingerprint density at radius 1 is 1.54 bits per heavy atom. The highest BCUT2D eigenvalue weighted by atomic mass is 16.5. The van der Waals surface area contributed by atoms with E-state index in [1.54, 1.807) is 7.11 Å². The van der Waals surface area contributed by atoms with Crippen molar-refractivity contribution in [1.29, 1.82) is 0 Å². The number of allylic oxidation sites excluding steroid dienone is 1. The van der Waals surface area contributed by atoms with Gasteiger partial charge in [0.2, 0.25) is 0 Å². The van der Waals surface area contributed by atoms with Gasteiger partial charge in [-0.25, -0.2) is 0 Å². The fraction of sp³-hybridized carbons (Fsp3) is 0.722. The first-order chi connectivity index (χ1) is 11.7. The number of piperidine rings is 1. The summed E-state index contributed by atoms with van der Waals surface area (Å²) in [5.41, 5.74) is 3.81. The molecule has 1 saturated heterocycles. The average molecular weight is 335 g/mol. The third-order valence-electron chi connectivity index (χ3n) is 4.77. The van der Waals surface area contributed by atoms with Crippen LogP contribution in [0.4, 0.5) is 0 Å². The lowest BCUT2D eigenvalue weighted by molar-refractivity contribution is 0.172. The fourth-order valence-electron chi connectivity index (χ4n) is 3.34. The van der Waals surface area contributed by atoms with E-state index in [1.165, 1.54) is 17.0 Å². The van der Waals surface area contributed by atoms with Crippen molar-refractivity contribution in [3.63, 3.8) is 0 Å². The van der Waals surface area contributed by atoms with Crippen LogP contribution < -0.4 is 5.32 Å². The van der Waals surface area contributed by atoms with E-state index >= 15 is 0 Å². The molecule has 0 radical (unpaired) electrons. The van der Waals surface area contributed by atoms with Crippen LogP contribution >= 0.6 is 0 Å². The first kappa shape index (κ1) is 19.0. The van der Waals surface area contributed by atoms with Gasteiger partial charge in [-0.2, -0.15) is 5.10 Å². The number of likely N-dealkylation sites (tertiary alicyclic amines) is 1. The van der Waals surface area contributed by atoms with E-state index in [4.69, 9.17) is 4.74 Å². The summed E-state index contributed by atoms with van der Waals surface area (Å²) in [6.07, 6.45) is 5.30. The van der Waals surface area contributed by atoms with Crippen molar-refractivity contribution in [2.45, 2.75) is 31.7 Å². The van der Waals surface area contributed by atoms with Gasteiger partial charge in [-0.05, 0) is 33.4 Å². The molecule has 1 aromatic heterocycles. The molecular formula is C18H33N5O. The van der Waals surface area contributed by atoms with Gasteiger partial charge >= 0.3 is 0 Å². The molecule has 136 valence electrons. The summed E-state index contributed by atoms with van der Waals surface area (Å²) in [5.74, 6) is 0.483. The van der Waals surface area contributed by atoms with Gasteiger partial charge in [0.05, 0.1) is 5.69 Å². The molecule has 6 nitrogen and oxygen atoms in total. The van der Waals surface area contributed by atoms with Crippen LogP contribution in [0.1, 0.15) is 36.4 Å². The summed E-state index contributed by atoms with van der Waals surface area (Å²) < 4.78 is 5.18. The highest BCUT2D eigenvalue weighted by molar-refractivity contribution is 5.23. The number of nitrogens with one attached hydrogen (secondary N) is 2. The van der Waals surface area contributed by atoms with E-state index in [0.29, 0.717) is 5.92 Å². The van der Waals surface area contributed by atoms with Crippen LogP contribution in [0, 0.1) is 0 Å². The normalized spacial score (nSPS) is 18.6. The Morgan fingerprint density at radius 3 is 3.12 bits per heavy atom. The summed E-state index contributed by atoms with van der Waals surface area (Å²) in [4.78, 5) is 4.75. The smallest absolute Gasteiger partial charge is 0.0715 e. The Labute approximate surface area is 146 Å². The van der Waals surface area contributed by atoms with E-state index < -0.39 is 0 Å². The molecule has 1 unspecified atom stereocenters. The monoisotopic (exact) mass is 335 g/mol. The van der Waals surface area contributed by atoms with Crippen LogP contribution in [0.3, 0.4) is 0 Å². The van der Waals surface area contributed by atoms with Crippen molar-refractivity contribution >= 4 is 0 Å². The van der Waals surface area contributed by atoms with Gasteiger partial charge in [-0.15, -0.1) is 0 Å². The quantitative estimate of drug-likeness (QED) is 0.639. The van der Waals surface area contributed by atoms with Crippen molar-refractivity contribution in [2.24, 2.45) is 0 Å². The third kappa shape index (κ3) is 5.33. The lowest BCUT2D eigenvalue weighted by atomic mass is 9.91. The molecule has 24 heavy (non-hydrogen) atoms. The second-order valence-electron chi connectivity index (χ2n) is 6.73. The van der Waals surface area contributed by atoms with Crippen LogP contribution in [0.2, 0.25) is 0 Å². The molecule has 1 fully saturated rings. The van der Waals surface area contributed by atoms with Gasteiger partial charge in [0.1, 0.15) is 0 Å². The molecule has 1 aromatic rings. The number of likely N-dealkylation sites (N-methyl/N-ethyl adjacent to an activating group) is 2. The lowest BCUT2D eigenvalue weighted by Crippen LogP contribution is -2.34. The molecule has 1 aliphatic heterocycles. The van der Waals surface area contributed by atoms with E-state index in [0.717, 1.165) is 58.6 Å². The molecule has 1 aliphatic rings. The second-order valence-corrected chi connectivity index (χ2v) is 6.73. The number of aromatic nitrogens is 2. The van der Waals surface area contributed by atoms with Gasteiger partial charge in [0, 0.05) is 69.8 Å². The average Bonchev–Trinajstić information content (AvgIpc) is 3.03. The molecular weight excluding hydrogens is 302 g/mol. The minimum Gasteiger partial charge on any atom is -0.385 e. The Balaban J connectivity index is 1.95. The van der Waals surface area contributed by atoms with E-state index in [1.807, 2.05) is 7.05 Å². The van der Waals surface area contributed by atoms with Gasteiger partial charge < -0.3 is 19.9 Å². The van der Waals surface area contributed by atoms with Crippen LogP contribution in [-0.4, -0.2) is 74.0 Å². The number of hydrogen-bond acceptors (Lipinski definition) is 5. The van der Waals surface area contributed by atoms with Crippen molar-refractivity contribution in [3.05, 3.63) is 29.7 Å². The highest BCUT2D eigenvalue weighted by Gasteiger charge is 2.26. The summed E-state index contributed by atoms with van der Waals surface area (Å²) in [5, 5.41) is 10.9. The number of methoxy groups -OCH3 is 1. The molecule has 0 saturated carbocycles. The van der Waals surface area contributed by atoms with Crippen LogP contribution in [0.25, 0.3) is 0 Å². The molecule has 2 heterocycles. The topological polar surface area (TPSA) is 56.4 Å². The lowest BCUT2D eigenvalue weighted by Gasteiger charge is -2.36. The Morgan fingerprint density at radius 2 is 2.38 bits per heavy atom. The molecule has 2 N–H and O–H groups in total. The summed E-state index contributed by atoms with van der Waals surface area (Å²) >= 11 is 0. The first-order valence-electron chi connectivity index (χ1n) is 8.93. The van der Waals surface area contributed by atoms with Crippen LogP contribution in [0.5, 0.6) is 0 Å². The number of rotatable bonds is 10. The molecule has 0 amide bonds. The number of nitrogens with zero attached hydrogens (tertiary/aromatic N) is 3. The minimum absolute atomic E-state index is 0.483. The van der Waals surface area contributed by atoms with E-state index in [9.17, 15) is 0 Å². The number of hydrogen-bond donors (Lipinski definition) is 2. The number of H-pyrrole nitrogens is 1.